The van der Waals surface area contributed by atoms with Crippen molar-refractivity contribution in [2.75, 3.05) is 11.9 Å². The highest BCUT2D eigenvalue weighted by Crippen LogP contribution is 2.22. The molecule has 2 aromatic carbocycles. The van der Waals surface area contributed by atoms with Crippen molar-refractivity contribution in [1.29, 1.82) is 0 Å². The first-order valence-electron chi connectivity index (χ1n) is 6.14. The van der Waals surface area contributed by atoms with Crippen molar-refractivity contribution in [3.63, 3.8) is 0 Å². The molecule has 2 rings (SSSR count). The van der Waals surface area contributed by atoms with Crippen LogP contribution in [0, 0.1) is 0 Å². The van der Waals surface area contributed by atoms with Gasteiger partial charge >= 0.3 is 6.03 Å². The summed E-state index contributed by atoms with van der Waals surface area (Å²) in [5, 5.41) is 5.87. The number of hydrogen-bond acceptors (Lipinski definition) is 2. The predicted molar refractivity (Wildman–Crippen MR) is 84.3 cm³/mol. The minimum Gasteiger partial charge on any atom is -0.330 e. The lowest BCUT2D eigenvalue weighted by molar-refractivity contribution is 0.0993. The van der Waals surface area contributed by atoms with E-state index < -0.39 is 6.03 Å². The maximum Gasteiger partial charge on any atom is 0.319 e. The number of nitrogens with one attached hydrogen (secondary N) is 2. The van der Waals surface area contributed by atoms with Crippen LogP contribution in [0.25, 0.3) is 0 Å². The molecule has 4 nitrogen and oxygen atoms in total. The fraction of sp³-hybridized carbons (Fsp3) is 0.0667. The predicted octanol–water partition coefficient (Wildman–Crippen LogP) is 4.00. The van der Waals surface area contributed by atoms with E-state index in [-0.39, 0.29) is 12.3 Å². The van der Waals surface area contributed by atoms with Crippen molar-refractivity contribution in [2.45, 2.75) is 0 Å². The summed E-state index contributed by atoms with van der Waals surface area (Å²) >= 11 is 11.7. The second-order valence-corrected chi connectivity index (χ2v) is 5.13. The largest absolute Gasteiger partial charge is 0.330 e. The SMILES string of the molecule is O=C(NCC(=O)c1ccccc1)Nc1cc(Cl)cc(Cl)c1. The summed E-state index contributed by atoms with van der Waals surface area (Å²) in [7, 11) is 0. The van der Waals surface area contributed by atoms with Crippen molar-refractivity contribution >= 4 is 40.7 Å². The van der Waals surface area contributed by atoms with Crippen molar-refractivity contribution in [3.8, 4) is 0 Å². The molecule has 0 aromatic heterocycles. The molecular formula is C15H12Cl2N2O2. The zero-order valence-corrected chi connectivity index (χ0v) is 12.4. The van der Waals surface area contributed by atoms with Crippen LogP contribution >= 0.6 is 23.2 Å². The lowest BCUT2D eigenvalue weighted by atomic mass is 10.1. The summed E-state index contributed by atoms with van der Waals surface area (Å²) in [5.41, 5.74) is 1.00. The van der Waals surface area contributed by atoms with Gasteiger partial charge in [-0.05, 0) is 18.2 Å². The zero-order chi connectivity index (χ0) is 15.2. The number of benzene rings is 2. The summed E-state index contributed by atoms with van der Waals surface area (Å²) < 4.78 is 0. The number of ketones is 1. The fourth-order valence-corrected chi connectivity index (χ4v) is 2.21. The van der Waals surface area contributed by atoms with Gasteiger partial charge in [0.05, 0.1) is 6.54 Å². The van der Waals surface area contributed by atoms with E-state index in [1.165, 1.54) is 0 Å². The van der Waals surface area contributed by atoms with E-state index in [9.17, 15) is 9.59 Å². The third kappa shape index (κ3) is 4.77. The Hall–Kier alpha value is -2.04. The summed E-state index contributed by atoms with van der Waals surface area (Å²) in [4.78, 5) is 23.5. The molecule has 0 aliphatic rings. The number of urea groups is 1. The number of Topliss-reactive ketones (excluding diaryl/α,β-unsaturated/α-hetero) is 1. The van der Waals surface area contributed by atoms with Crippen LogP contribution in [0.15, 0.2) is 48.5 Å². The summed E-state index contributed by atoms with van der Waals surface area (Å²) in [6.45, 7) is -0.0931. The van der Waals surface area contributed by atoms with E-state index in [0.29, 0.717) is 21.3 Å². The molecule has 2 amide bonds. The molecule has 0 saturated carbocycles. The topological polar surface area (TPSA) is 58.2 Å². The highest BCUT2D eigenvalue weighted by atomic mass is 35.5. The summed E-state index contributed by atoms with van der Waals surface area (Å²) in [6.07, 6.45) is 0. The van der Waals surface area contributed by atoms with Gasteiger partial charge in [0.25, 0.3) is 0 Å². The summed E-state index contributed by atoms with van der Waals surface area (Å²) in [5.74, 6) is -0.171. The van der Waals surface area contributed by atoms with Crippen molar-refractivity contribution in [3.05, 3.63) is 64.1 Å². The number of carbonyl (C=O) groups is 2. The normalized spacial score (nSPS) is 10.0. The Morgan fingerprint density at radius 3 is 2.19 bits per heavy atom. The van der Waals surface area contributed by atoms with Crippen molar-refractivity contribution in [1.82, 2.24) is 5.32 Å². The van der Waals surface area contributed by atoms with Crippen LogP contribution in [-0.4, -0.2) is 18.4 Å². The standard InChI is InChI=1S/C15H12Cl2N2O2/c16-11-6-12(17)8-13(7-11)19-15(21)18-9-14(20)10-4-2-1-3-5-10/h1-8H,9H2,(H2,18,19,21). The maximum atomic E-state index is 11.8. The Labute approximate surface area is 132 Å². The van der Waals surface area contributed by atoms with Gasteiger partial charge in [-0.3, -0.25) is 4.79 Å². The number of carbonyl (C=O) groups excluding carboxylic acids is 2. The van der Waals surface area contributed by atoms with Crippen LogP contribution < -0.4 is 10.6 Å². The Balaban J connectivity index is 1.89. The van der Waals surface area contributed by atoms with E-state index in [2.05, 4.69) is 10.6 Å². The van der Waals surface area contributed by atoms with E-state index in [1.807, 2.05) is 6.07 Å². The zero-order valence-electron chi connectivity index (χ0n) is 10.9. The molecule has 2 aromatic rings. The van der Waals surface area contributed by atoms with Gasteiger partial charge in [-0.25, -0.2) is 4.79 Å². The van der Waals surface area contributed by atoms with Gasteiger partial charge in [0.2, 0.25) is 0 Å². The van der Waals surface area contributed by atoms with Crippen molar-refractivity contribution in [2.24, 2.45) is 0 Å². The second-order valence-electron chi connectivity index (χ2n) is 4.26. The Bertz CT molecular complexity index is 640. The van der Waals surface area contributed by atoms with E-state index in [1.54, 1.807) is 42.5 Å². The molecule has 0 aliphatic heterocycles. The molecule has 21 heavy (non-hydrogen) atoms. The minimum atomic E-state index is -0.502. The van der Waals surface area contributed by atoms with Gasteiger partial charge in [0.15, 0.2) is 5.78 Å². The van der Waals surface area contributed by atoms with Gasteiger partial charge in [-0.1, -0.05) is 53.5 Å². The molecule has 0 unspecified atom stereocenters. The first kappa shape index (κ1) is 15.4. The number of rotatable bonds is 4. The van der Waals surface area contributed by atoms with Crippen LogP contribution in [0.5, 0.6) is 0 Å². The molecule has 108 valence electrons. The average molecular weight is 323 g/mol. The third-order valence-corrected chi connectivity index (χ3v) is 3.06. The minimum absolute atomic E-state index is 0.0931. The smallest absolute Gasteiger partial charge is 0.319 e. The van der Waals surface area contributed by atoms with Crippen molar-refractivity contribution < 1.29 is 9.59 Å². The fourth-order valence-electron chi connectivity index (χ4n) is 1.69. The monoisotopic (exact) mass is 322 g/mol. The van der Waals surface area contributed by atoms with Gasteiger partial charge < -0.3 is 10.6 Å². The number of anilines is 1. The molecule has 0 heterocycles. The summed E-state index contributed by atoms with van der Waals surface area (Å²) in [6, 6.07) is 12.9. The first-order chi connectivity index (χ1) is 10.0. The quantitative estimate of drug-likeness (QED) is 0.836. The van der Waals surface area contributed by atoms with Crippen LogP contribution in [0.4, 0.5) is 10.5 Å². The molecule has 0 fully saturated rings. The Morgan fingerprint density at radius 2 is 1.57 bits per heavy atom. The number of halogens is 2. The lowest BCUT2D eigenvalue weighted by Crippen LogP contribution is -2.33. The molecular weight excluding hydrogens is 311 g/mol. The van der Waals surface area contributed by atoms with E-state index in [0.717, 1.165) is 0 Å². The molecule has 0 atom stereocenters. The van der Waals surface area contributed by atoms with Crippen LogP contribution in [0.2, 0.25) is 10.0 Å². The molecule has 0 aliphatic carbocycles. The highest BCUT2D eigenvalue weighted by molar-refractivity contribution is 6.35. The van der Waals surface area contributed by atoms with Crippen LogP contribution in [-0.2, 0) is 0 Å². The Kier molecular flexibility index (Phi) is 5.20. The van der Waals surface area contributed by atoms with Crippen LogP contribution in [0.3, 0.4) is 0 Å². The van der Waals surface area contributed by atoms with Crippen LogP contribution in [0.1, 0.15) is 10.4 Å². The van der Waals surface area contributed by atoms with E-state index >= 15 is 0 Å². The highest BCUT2D eigenvalue weighted by Gasteiger charge is 2.08. The lowest BCUT2D eigenvalue weighted by Gasteiger charge is -2.08. The molecule has 0 saturated heterocycles. The van der Waals surface area contributed by atoms with Gasteiger partial charge in [0, 0.05) is 21.3 Å². The first-order valence-corrected chi connectivity index (χ1v) is 6.89. The van der Waals surface area contributed by atoms with E-state index in [4.69, 9.17) is 23.2 Å². The molecule has 6 heteroatoms. The number of hydrogen-bond donors (Lipinski definition) is 2. The van der Waals surface area contributed by atoms with Gasteiger partial charge in [-0.2, -0.15) is 0 Å². The maximum absolute atomic E-state index is 11.8. The number of amides is 2. The van der Waals surface area contributed by atoms with Gasteiger partial charge in [0.1, 0.15) is 0 Å². The third-order valence-electron chi connectivity index (χ3n) is 2.63. The Morgan fingerprint density at radius 1 is 0.952 bits per heavy atom. The second kappa shape index (κ2) is 7.11. The molecule has 0 spiro atoms. The average Bonchev–Trinajstić information content (AvgIpc) is 2.44. The molecule has 0 bridgehead atoms. The van der Waals surface area contributed by atoms with Gasteiger partial charge in [-0.15, -0.1) is 0 Å². The molecule has 0 radical (unpaired) electrons. The molecule has 2 N–H and O–H groups in total.